The normalized spacial score (nSPS) is 16.1. The number of ether oxygens (including phenoxy) is 1. The molecule has 164 valence electrons. The highest BCUT2D eigenvalue weighted by atomic mass is 32.2. The summed E-state index contributed by atoms with van der Waals surface area (Å²) >= 11 is 1.42. The van der Waals surface area contributed by atoms with Crippen molar-refractivity contribution in [2.75, 3.05) is 18.3 Å². The van der Waals surface area contributed by atoms with Crippen molar-refractivity contribution < 1.29 is 24.2 Å². The van der Waals surface area contributed by atoms with E-state index in [0.29, 0.717) is 5.69 Å². The molecule has 1 atom stereocenters. The van der Waals surface area contributed by atoms with Crippen molar-refractivity contribution in [2.24, 2.45) is 0 Å². The number of hydrogen-bond donors (Lipinski definition) is 1. The van der Waals surface area contributed by atoms with E-state index in [1.165, 1.54) is 16.7 Å². The number of carbonyl (C=O) groups is 3. The van der Waals surface area contributed by atoms with Gasteiger partial charge in [-0.1, -0.05) is 30.3 Å². The highest BCUT2D eigenvalue weighted by Crippen LogP contribution is 2.34. The predicted molar refractivity (Wildman–Crippen MR) is 123 cm³/mol. The van der Waals surface area contributed by atoms with Gasteiger partial charge in [0.15, 0.2) is 0 Å². The molecule has 0 spiro atoms. The summed E-state index contributed by atoms with van der Waals surface area (Å²) in [6.45, 7) is 0.127. The monoisotopic (exact) mass is 450 g/mol. The Morgan fingerprint density at radius 1 is 1.06 bits per heavy atom. The van der Waals surface area contributed by atoms with Gasteiger partial charge in [0, 0.05) is 11.4 Å². The third-order valence-electron chi connectivity index (χ3n) is 5.48. The smallest absolute Gasteiger partial charge is 0.332 e. The van der Waals surface area contributed by atoms with Crippen LogP contribution in [-0.4, -0.2) is 47.3 Å². The van der Waals surface area contributed by atoms with Gasteiger partial charge in [-0.3, -0.25) is 9.59 Å². The lowest BCUT2D eigenvalue weighted by molar-refractivity contribution is -0.140. The lowest BCUT2D eigenvalue weighted by Gasteiger charge is -2.21. The quantitative estimate of drug-likeness (QED) is 0.425. The van der Waals surface area contributed by atoms with E-state index in [9.17, 15) is 19.5 Å². The van der Waals surface area contributed by atoms with E-state index in [1.807, 2.05) is 54.8 Å². The van der Waals surface area contributed by atoms with Crippen molar-refractivity contribution in [3.63, 3.8) is 0 Å². The van der Waals surface area contributed by atoms with Gasteiger partial charge in [-0.2, -0.15) is 0 Å². The Labute approximate surface area is 189 Å². The Bertz CT molecular complexity index is 1210. The van der Waals surface area contributed by atoms with Crippen LogP contribution < -0.4 is 9.64 Å². The molecule has 0 unspecified atom stereocenters. The Morgan fingerprint density at radius 2 is 1.78 bits per heavy atom. The summed E-state index contributed by atoms with van der Waals surface area (Å²) in [6, 6.07) is 16.9. The molecule has 0 aliphatic carbocycles. The predicted octanol–water partition coefficient (Wildman–Crippen LogP) is 4.38. The number of nitrogens with zero attached hydrogens (tertiary/aromatic N) is 2. The molecule has 3 amide bonds. The third-order valence-corrected chi connectivity index (χ3v) is 6.26. The average Bonchev–Trinajstić information content (AvgIpc) is 3.02. The van der Waals surface area contributed by atoms with Crippen LogP contribution in [0.15, 0.2) is 65.6 Å². The molecule has 1 heterocycles. The number of methoxy groups -OCH3 is 1. The number of amides is 3. The lowest BCUT2D eigenvalue weighted by atomic mass is 10.1. The van der Waals surface area contributed by atoms with E-state index in [2.05, 4.69) is 0 Å². The van der Waals surface area contributed by atoms with Gasteiger partial charge in [0.25, 0.3) is 5.91 Å². The second-order valence-electron chi connectivity index (χ2n) is 7.42. The lowest BCUT2D eigenvalue weighted by Crippen LogP contribution is -2.36. The Kier molecular flexibility index (Phi) is 6.05. The van der Waals surface area contributed by atoms with Crippen LogP contribution in [0.3, 0.4) is 0 Å². The SMILES string of the molecule is COc1ccc2cc(CN3C(=O)N(c4ccccc4SC)C(=O)[C@@H]3CC(=O)O)ccc2c1. The molecule has 4 rings (SSSR count). The van der Waals surface area contributed by atoms with Gasteiger partial charge in [-0.25, -0.2) is 9.69 Å². The highest BCUT2D eigenvalue weighted by molar-refractivity contribution is 7.98. The van der Waals surface area contributed by atoms with Crippen molar-refractivity contribution in [3.8, 4) is 5.75 Å². The number of carbonyl (C=O) groups excluding carboxylic acids is 2. The molecule has 3 aromatic carbocycles. The topological polar surface area (TPSA) is 87.2 Å². The summed E-state index contributed by atoms with van der Waals surface area (Å²) in [6.07, 6.45) is 1.41. The van der Waals surface area contributed by atoms with E-state index in [0.717, 1.165) is 31.9 Å². The van der Waals surface area contributed by atoms with Crippen LogP contribution in [-0.2, 0) is 16.1 Å². The van der Waals surface area contributed by atoms with Crippen molar-refractivity contribution >= 4 is 46.1 Å². The number of benzene rings is 3. The molecular formula is C24H22N2O5S. The van der Waals surface area contributed by atoms with Crippen molar-refractivity contribution in [1.82, 2.24) is 4.90 Å². The summed E-state index contributed by atoms with van der Waals surface area (Å²) in [4.78, 5) is 41.2. The highest BCUT2D eigenvalue weighted by Gasteiger charge is 2.47. The maximum Gasteiger partial charge on any atom is 0.332 e. The first-order valence-corrected chi connectivity index (χ1v) is 11.2. The minimum atomic E-state index is -1.13. The molecule has 1 N–H and O–H groups in total. The van der Waals surface area contributed by atoms with E-state index in [4.69, 9.17) is 4.74 Å². The summed E-state index contributed by atoms with van der Waals surface area (Å²) < 4.78 is 5.26. The first kappa shape index (κ1) is 21.7. The molecule has 7 nitrogen and oxygen atoms in total. The molecular weight excluding hydrogens is 428 g/mol. The largest absolute Gasteiger partial charge is 0.497 e. The Hall–Kier alpha value is -3.52. The summed E-state index contributed by atoms with van der Waals surface area (Å²) in [5, 5.41) is 11.3. The van der Waals surface area contributed by atoms with Crippen LogP contribution in [0, 0.1) is 0 Å². The Morgan fingerprint density at radius 3 is 2.50 bits per heavy atom. The van der Waals surface area contributed by atoms with Gasteiger partial charge in [0.2, 0.25) is 0 Å². The van der Waals surface area contributed by atoms with E-state index < -0.39 is 30.4 Å². The maximum atomic E-state index is 13.3. The van der Waals surface area contributed by atoms with Gasteiger partial charge in [0.1, 0.15) is 11.8 Å². The number of para-hydroxylation sites is 1. The van der Waals surface area contributed by atoms with E-state index in [1.54, 1.807) is 19.2 Å². The molecule has 0 saturated carbocycles. The number of carboxylic acids is 1. The van der Waals surface area contributed by atoms with E-state index >= 15 is 0 Å². The maximum absolute atomic E-state index is 13.3. The van der Waals surface area contributed by atoms with Gasteiger partial charge in [-0.15, -0.1) is 11.8 Å². The number of hydrogen-bond acceptors (Lipinski definition) is 5. The van der Waals surface area contributed by atoms with Crippen molar-refractivity contribution in [2.45, 2.75) is 23.9 Å². The van der Waals surface area contributed by atoms with Gasteiger partial charge < -0.3 is 14.7 Å². The second kappa shape index (κ2) is 8.92. The number of aliphatic carboxylic acids is 1. The fraction of sp³-hybridized carbons (Fsp3) is 0.208. The summed E-state index contributed by atoms with van der Waals surface area (Å²) in [5.74, 6) is -0.911. The number of thioether (sulfide) groups is 1. The van der Waals surface area contributed by atoms with Gasteiger partial charge in [0.05, 0.1) is 19.2 Å². The molecule has 1 aliphatic rings. The van der Waals surface area contributed by atoms with Gasteiger partial charge >= 0.3 is 12.0 Å². The van der Waals surface area contributed by atoms with E-state index in [-0.39, 0.29) is 6.54 Å². The minimum Gasteiger partial charge on any atom is -0.497 e. The van der Waals surface area contributed by atoms with Crippen molar-refractivity contribution in [3.05, 3.63) is 66.2 Å². The first-order chi connectivity index (χ1) is 15.4. The van der Waals surface area contributed by atoms with Crippen LogP contribution in [0.1, 0.15) is 12.0 Å². The zero-order chi connectivity index (χ0) is 22.8. The van der Waals surface area contributed by atoms with Crippen LogP contribution >= 0.6 is 11.8 Å². The number of carboxylic acid groups (broad SMARTS) is 1. The molecule has 0 bridgehead atoms. The molecule has 0 aromatic heterocycles. The third kappa shape index (κ3) is 4.01. The number of fused-ring (bicyclic) bond motifs is 1. The summed E-state index contributed by atoms with van der Waals surface area (Å²) in [7, 11) is 1.61. The van der Waals surface area contributed by atoms with Crippen LogP contribution in [0.5, 0.6) is 5.75 Å². The molecule has 1 aliphatic heterocycles. The second-order valence-corrected chi connectivity index (χ2v) is 8.27. The summed E-state index contributed by atoms with van der Waals surface area (Å²) in [5.41, 5.74) is 1.28. The average molecular weight is 451 g/mol. The number of rotatable bonds is 7. The fourth-order valence-corrected chi connectivity index (χ4v) is 4.49. The molecule has 8 heteroatoms. The minimum absolute atomic E-state index is 0.127. The molecule has 3 aromatic rings. The number of imide groups is 1. The van der Waals surface area contributed by atoms with Gasteiger partial charge in [-0.05, 0) is 52.9 Å². The van der Waals surface area contributed by atoms with Crippen LogP contribution in [0.2, 0.25) is 0 Å². The molecule has 1 saturated heterocycles. The number of urea groups is 1. The molecule has 1 fully saturated rings. The number of anilines is 1. The first-order valence-electron chi connectivity index (χ1n) is 9.99. The molecule has 0 radical (unpaired) electrons. The fourth-order valence-electron chi connectivity index (χ4n) is 3.91. The Balaban J connectivity index is 1.69. The zero-order valence-electron chi connectivity index (χ0n) is 17.6. The zero-order valence-corrected chi connectivity index (χ0v) is 18.5. The molecule has 32 heavy (non-hydrogen) atoms. The van der Waals surface area contributed by atoms with Crippen LogP contribution in [0.4, 0.5) is 10.5 Å². The van der Waals surface area contributed by atoms with Crippen LogP contribution in [0.25, 0.3) is 10.8 Å². The standard InChI is InChI=1S/C24H22N2O5S/c1-31-18-10-9-16-11-15(7-8-17(16)12-18)14-25-20(13-22(27)28)23(29)26(24(25)30)19-5-3-4-6-21(19)32-2/h3-12,20H,13-14H2,1-2H3,(H,27,28)/t20-/m0/s1. The van der Waals surface area contributed by atoms with Crippen molar-refractivity contribution in [1.29, 1.82) is 0 Å².